The largest absolute Gasteiger partial charge is 0.466 e. The van der Waals surface area contributed by atoms with E-state index in [2.05, 4.69) is 31.3 Å². The Morgan fingerprint density at radius 3 is 0.780 bits per heavy atom. The van der Waals surface area contributed by atoms with Crippen LogP contribution in [0.2, 0.25) is 0 Å². The first-order valence-electron chi connectivity index (χ1n) is 42.1. The molecule has 0 saturated heterocycles. The summed E-state index contributed by atoms with van der Waals surface area (Å²) < 4.78 is 5.51. The van der Waals surface area contributed by atoms with Gasteiger partial charge in [-0.25, -0.2) is 0 Å². The molecule has 0 aliphatic carbocycles. The number of carbonyl (C=O) groups is 2. The van der Waals surface area contributed by atoms with Crippen molar-refractivity contribution in [1.82, 2.24) is 5.32 Å². The molecule has 540 valence electrons. The molecule has 91 heavy (non-hydrogen) atoms. The van der Waals surface area contributed by atoms with Crippen molar-refractivity contribution in [3.63, 3.8) is 0 Å². The van der Waals surface area contributed by atoms with Gasteiger partial charge in [0.1, 0.15) is 0 Å². The zero-order valence-electron chi connectivity index (χ0n) is 62.1. The van der Waals surface area contributed by atoms with Crippen LogP contribution in [-0.4, -0.2) is 47.4 Å². The quantitative estimate of drug-likeness (QED) is 0.0320. The zero-order chi connectivity index (χ0) is 65.6. The highest BCUT2D eigenvalue weighted by molar-refractivity contribution is 5.76. The molecule has 0 heterocycles. The maximum absolute atomic E-state index is 12.6. The molecular weight excluding hydrogens is 1110 g/mol. The first-order valence-corrected chi connectivity index (χ1v) is 42.1. The first-order chi connectivity index (χ1) is 45.0. The summed E-state index contributed by atoms with van der Waals surface area (Å²) >= 11 is 0. The highest BCUT2D eigenvalue weighted by Gasteiger charge is 2.18. The minimum atomic E-state index is -0.844. The molecular formula is C85H165NO5. The topological polar surface area (TPSA) is 95.9 Å². The molecule has 0 aromatic rings. The van der Waals surface area contributed by atoms with Gasteiger partial charge in [-0.05, 0) is 57.8 Å². The minimum absolute atomic E-state index is 0.0231. The van der Waals surface area contributed by atoms with E-state index in [1.807, 2.05) is 6.08 Å². The van der Waals surface area contributed by atoms with Crippen LogP contribution < -0.4 is 5.32 Å². The highest BCUT2D eigenvalue weighted by atomic mass is 16.5. The molecule has 1 amide bonds. The molecule has 0 aliphatic rings. The molecule has 0 fully saturated rings. The van der Waals surface area contributed by atoms with E-state index in [-0.39, 0.29) is 18.5 Å². The Morgan fingerprint density at radius 1 is 0.297 bits per heavy atom. The standard InChI is InChI=1S/C85H165NO5/c1-3-5-7-9-11-13-15-17-19-21-22-23-24-34-37-40-43-46-49-53-57-61-65-69-73-77-83(88)82(81-87)86-84(89)78-74-70-66-62-58-54-50-47-44-41-38-35-32-30-28-26-25-27-29-31-33-36-39-42-45-48-52-56-60-64-68-72-76-80-91-85(90)79-75-71-67-63-59-55-51-20-18-16-14-12-10-8-6-4-2/h29,31,73,77,82-83,87-88H,3-28,30,32-72,74-76,78-81H2,1-2H3,(H,86,89)/b31-29-,77-73+. The Kier molecular flexibility index (Phi) is 79.3. The van der Waals surface area contributed by atoms with Crippen molar-refractivity contribution < 1.29 is 24.5 Å². The van der Waals surface area contributed by atoms with Gasteiger partial charge in [-0.2, -0.15) is 0 Å². The van der Waals surface area contributed by atoms with Gasteiger partial charge in [0, 0.05) is 12.8 Å². The van der Waals surface area contributed by atoms with E-state index in [4.69, 9.17) is 4.74 Å². The molecule has 2 unspecified atom stereocenters. The Morgan fingerprint density at radius 2 is 0.516 bits per heavy atom. The maximum atomic E-state index is 12.6. The van der Waals surface area contributed by atoms with Gasteiger partial charge >= 0.3 is 5.97 Å². The first kappa shape index (κ1) is 89.3. The molecule has 0 aromatic heterocycles. The van der Waals surface area contributed by atoms with Crippen molar-refractivity contribution in [3.05, 3.63) is 24.3 Å². The summed E-state index contributed by atoms with van der Waals surface area (Å²) in [4.78, 5) is 24.7. The van der Waals surface area contributed by atoms with Gasteiger partial charge in [-0.15, -0.1) is 0 Å². The van der Waals surface area contributed by atoms with E-state index in [1.165, 1.54) is 417 Å². The average molecular weight is 1280 g/mol. The second kappa shape index (κ2) is 80.8. The SMILES string of the molecule is CCCCCCCCCCCCCCCCCCCCCCCCC/C=C/C(O)C(CO)NC(=O)CCCCCCCCCCCCCCCCCCC/C=C\CCCCCCCCCCCCCCOC(=O)CCCCCCCCCCCCCCCCCC. The smallest absolute Gasteiger partial charge is 0.305 e. The van der Waals surface area contributed by atoms with Gasteiger partial charge in [-0.1, -0.05) is 436 Å². The Labute approximate surface area is 571 Å². The third-order valence-electron chi connectivity index (χ3n) is 20.0. The number of aliphatic hydroxyl groups is 2. The lowest BCUT2D eigenvalue weighted by Crippen LogP contribution is -2.45. The molecule has 6 nitrogen and oxygen atoms in total. The number of amides is 1. The molecule has 0 bridgehead atoms. The highest BCUT2D eigenvalue weighted by Crippen LogP contribution is 2.20. The zero-order valence-corrected chi connectivity index (χ0v) is 62.1. The van der Waals surface area contributed by atoms with Crippen LogP contribution in [0.4, 0.5) is 0 Å². The fraction of sp³-hybridized carbons (Fsp3) is 0.929. The van der Waals surface area contributed by atoms with E-state index in [9.17, 15) is 19.8 Å². The summed E-state index contributed by atoms with van der Waals surface area (Å²) in [5.74, 6) is -0.0359. The van der Waals surface area contributed by atoms with E-state index in [0.717, 1.165) is 38.5 Å². The summed E-state index contributed by atoms with van der Waals surface area (Å²) in [6.45, 7) is 4.97. The van der Waals surface area contributed by atoms with E-state index in [1.54, 1.807) is 6.08 Å². The van der Waals surface area contributed by atoms with Gasteiger partial charge in [0.05, 0.1) is 25.4 Å². The number of nitrogens with one attached hydrogen (secondary N) is 1. The van der Waals surface area contributed by atoms with Crippen LogP contribution in [0.3, 0.4) is 0 Å². The Bertz CT molecular complexity index is 1430. The monoisotopic (exact) mass is 1280 g/mol. The molecule has 2 atom stereocenters. The number of esters is 1. The predicted octanol–water partition coefficient (Wildman–Crippen LogP) is 28.0. The summed E-state index contributed by atoms with van der Waals surface area (Å²) in [6.07, 6.45) is 105. The number of allylic oxidation sites excluding steroid dienone is 3. The lowest BCUT2D eigenvalue weighted by Gasteiger charge is -2.20. The molecule has 0 aromatic carbocycles. The molecule has 0 radical (unpaired) electrons. The Hall–Kier alpha value is -1.66. The minimum Gasteiger partial charge on any atom is -0.466 e. The van der Waals surface area contributed by atoms with Crippen molar-refractivity contribution in [3.8, 4) is 0 Å². The van der Waals surface area contributed by atoms with Crippen molar-refractivity contribution in [2.45, 2.75) is 495 Å². The number of hydrogen-bond donors (Lipinski definition) is 3. The van der Waals surface area contributed by atoms with Gasteiger partial charge in [0.2, 0.25) is 5.91 Å². The summed E-state index contributed by atoms with van der Waals surface area (Å²) in [5, 5.41) is 23.3. The lowest BCUT2D eigenvalue weighted by molar-refractivity contribution is -0.143. The fourth-order valence-electron chi connectivity index (χ4n) is 13.6. The predicted molar refractivity (Wildman–Crippen MR) is 403 cm³/mol. The summed E-state index contributed by atoms with van der Waals surface area (Å²) in [7, 11) is 0. The van der Waals surface area contributed by atoms with Crippen molar-refractivity contribution in [1.29, 1.82) is 0 Å². The molecule has 0 aliphatic heterocycles. The molecule has 6 heteroatoms. The molecule has 0 spiro atoms. The van der Waals surface area contributed by atoms with Gasteiger partial charge in [0.15, 0.2) is 0 Å². The Balaban J connectivity index is 3.36. The van der Waals surface area contributed by atoms with Crippen LogP contribution in [0.15, 0.2) is 24.3 Å². The van der Waals surface area contributed by atoms with E-state index in [0.29, 0.717) is 19.4 Å². The van der Waals surface area contributed by atoms with Crippen molar-refractivity contribution >= 4 is 11.9 Å². The van der Waals surface area contributed by atoms with Crippen molar-refractivity contribution in [2.75, 3.05) is 13.2 Å². The third kappa shape index (κ3) is 77.2. The fourth-order valence-corrected chi connectivity index (χ4v) is 13.6. The summed E-state index contributed by atoms with van der Waals surface area (Å²) in [5.41, 5.74) is 0. The second-order valence-electron chi connectivity index (χ2n) is 29.2. The van der Waals surface area contributed by atoms with Gasteiger partial charge < -0.3 is 20.3 Å². The number of aliphatic hydroxyl groups excluding tert-OH is 2. The number of carbonyl (C=O) groups excluding carboxylic acids is 2. The second-order valence-corrected chi connectivity index (χ2v) is 29.2. The normalized spacial score (nSPS) is 12.5. The van der Waals surface area contributed by atoms with Crippen LogP contribution in [0.25, 0.3) is 0 Å². The van der Waals surface area contributed by atoms with E-state index >= 15 is 0 Å². The average Bonchev–Trinajstić information content (AvgIpc) is 3.58. The molecule has 0 rings (SSSR count). The maximum Gasteiger partial charge on any atom is 0.305 e. The number of unbranched alkanes of at least 4 members (excludes halogenated alkanes) is 67. The van der Waals surface area contributed by atoms with E-state index < -0.39 is 12.1 Å². The van der Waals surface area contributed by atoms with Crippen LogP contribution >= 0.6 is 0 Å². The van der Waals surface area contributed by atoms with Gasteiger partial charge in [0.25, 0.3) is 0 Å². The summed E-state index contributed by atoms with van der Waals surface area (Å²) in [6, 6.07) is -0.627. The van der Waals surface area contributed by atoms with Crippen LogP contribution in [0.1, 0.15) is 483 Å². The van der Waals surface area contributed by atoms with Crippen LogP contribution in [0.5, 0.6) is 0 Å². The number of ether oxygens (including phenoxy) is 1. The van der Waals surface area contributed by atoms with Crippen LogP contribution in [0, 0.1) is 0 Å². The molecule has 0 saturated carbocycles. The van der Waals surface area contributed by atoms with Crippen LogP contribution in [-0.2, 0) is 14.3 Å². The van der Waals surface area contributed by atoms with Gasteiger partial charge in [-0.3, -0.25) is 9.59 Å². The molecule has 3 N–H and O–H groups in total. The number of hydrogen-bond acceptors (Lipinski definition) is 5. The number of rotatable bonds is 80. The third-order valence-corrected chi connectivity index (χ3v) is 20.0. The van der Waals surface area contributed by atoms with Crippen molar-refractivity contribution in [2.24, 2.45) is 0 Å². The lowest BCUT2D eigenvalue weighted by atomic mass is 10.0.